The van der Waals surface area contributed by atoms with E-state index in [2.05, 4.69) is 0 Å². The summed E-state index contributed by atoms with van der Waals surface area (Å²) in [6.07, 6.45) is -3.07. The lowest BCUT2D eigenvalue weighted by Crippen LogP contribution is -2.50. The monoisotopic (exact) mass is 492 g/mol. The number of benzene rings is 2. The SMILES string of the molecule is O=C(O[C@H]1CCC[C@@]12O[C@@H](n1ccc(=O)n(C(=O)c3ccccc3)c1=O)[C@H](O)[C@@H]2O)c1ccccc1. The van der Waals surface area contributed by atoms with Crippen LogP contribution in [0.4, 0.5) is 0 Å². The Morgan fingerprint density at radius 1 is 0.944 bits per heavy atom. The molecule has 3 aromatic rings. The molecule has 2 N–H and O–H groups in total. The molecular formula is C26H24N2O8. The van der Waals surface area contributed by atoms with Crippen molar-refractivity contribution in [3.8, 4) is 0 Å². The van der Waals surface area contributed by atoms with Crippen molar-refractivity contribution in [1.29, 1.82) is 0 Å². The third-order valence-corrected chi connectivity index (χ3v) is 6.80. The lowest BCUT2D eigenvalue weighted by molar-refractivity contribution is -0.152. The average Bonchev–Trinajstić information content (AvgIpc) is 3.41. The summed E-state index contributed by atoms with van der Waals surface area (Å²) in [5, 5.41) is 21.9. The number of carbonyl (C=O) groups is 2. The van der Waals surface area contributed by atoms with Crippen molar-refractivity contribution in [2.24, 2.45) is 0 Å². The lowest BCUT2D eigenvalue weighted by Gasteiger charge is -2.33. The van der Waals surface area contributed by atoms with Gasteiger partial charge in [-0.15, -0.1) is 0 Å². The van der Waals surface area contributed by atoms with E-state index in [1.54, 1.807) is 48.5 Å². The number of aromatic nitrogens is 2. The molecule has 10 heteroatoms. The molecule has 0 amide bonds. The maximum Gasteiger partial charge on any atom is 0.340 e. The molecule has 186 valence electrons. The summed E-state index contributed by atoms with van der Waals surface area (Å²) in [5.74, 6) is -1.44. The number of nitrogens with zero attached hydrogens (tertiary/aromatic N) is 2. The number of aliphatic hydroxyl groups excluding tert-OH is 2. The summed E-state index contributed by atoms with van der Waals surface area (Å²) in [6.45, 7) is 0. The fourth-order valence-corrected chi connectivity index (χ4v) is 4.99. The molecule has 0 radical (unpaired) electrons. The standard InChI is InChI=1S/C26H24N2O8/c29-19-13-15-27(25(34)28(19)22(32)16-8-3-1-4-9-16)23-20(30)21(31)26(36-23)14-7-12-18(26)35-24(33)17-10-5-2-6-11-17/h1-6,8-11,13,15,18,20-21,23,30-31H,7,12,14H2/t18-,20+,21-,23+,26+/m0/s1. The summed E-state index contributed by atoms with van der Waals surface area (Å²) >= 11 is 0. The predicted molar refractivity (Wildman–Crippen MR) is 125 cm³/mol. The highest BCUT2D eigenvalue weighted by Gasteiger charge is 2.62. The minimum Gasteiger partial charge on any atom is -0.456 e. The minimum atomic E-state index is -1.59. The second-order valence-corrected chi connectivity index (χ2v) is 8.90. The van der Waals surface area contributed by atoms with Crippen molar-refractivity contribution in [2.45, 2.75) is 49.4 Å². The minimum absolute atomic E-state index is 0.127. The Hall–Kier alpha value is -3.86. The number of ether oxygens (including phenoxy) is 2. The predicted octanol–water partition coefficient (Wildman–Crippen LogP) is 1.10. The largest absolute Gasteiger partial charge is 0.456 e. The summed E-state index contributed by atoms with van der Waals surface area (Å²) in [6, 6.07) is 17.2. The lowest BCUT2D eigenvalue weighted by atomic mass is 9.91. The molecule has 2 heterocycles. The second-order valence-electron chi connectivity index (χ2n) is 8.90. The van der Waals surface area contributed by atoms with Gasteiger partial charge in [0.1, 0.15) is 23.9 Å². The van der Waals surface area contributed by atoms with E-state index in [1.807, 2.05) is 0 Å². The molecule has 0 unspecified atom stereocenters. The van der Waals surface area contributed by atoms with Gasteiger partial charge in [-0.2, -0.15) is 4.57 Å². The Labute approximate surface area is 205 Å². The summed E-state index contributed by atoms with van der Waals surface area (Å²) in [5.41, 5.74) is -2.88. The maximum absolute atomic E-state index is 13.2. The first kappa shape index (κ1) is 23.9. The van der Waals surface area contributed by atoms with Crippen LogP contribution in [0, 0.1) is 0 Å². The number of aliphatic hydroxyl groups is 2. The first-order valence-electron chi connectivity index (χ1n) is 11.6. The van der Waals surface area contributed by atoms with Crippen molar-refractivity contribution in [2.75, 3.05) is 0 Å². The highest BCUT2D eigenvalue weighted by atomic mass is 16.6. The Balaban J connectivity index is 1.47. The van der Waals surface area contributed by atoms with Gasteiger partial charge in [-0.05, 0) is 43.5 Å². The van der Waals surface area contributed by atoms with E-state index >= 15 is 0 Å². The van der Waals surface area contributed by atoms with Crippen molar-refractivity contribution in [3.05, 3.63) is 105 Å². The van der Waals surface area contributed by atoms with Crippen LogP contribution in [-0.4, -0.2) is 55.1 Å². The van der Waals surface area contributed by atoms with Crippen LogP contribution >= 0.6 is 0 Å². The molecule has 2 fully saturated rings. The molecule has 2 aromatic carbocycles. The summed E-state index contributed by atoms with van der Waals surface area (Å²) in [4.78, 5) is 51.3. The molecule has 1 aliphatic carbocycles. The van der Waals surface area contributed by atoms with Crippen molar-refractivity contribution >= 4 is 11.9 Å². The van der Waals surface area contributed by atoms with Gasteiger partial charge in [0.15, 0.2) is 6.23 Å². The van der Waals surface area contributed by atoms with Crippen molar-refractivity contribution < 1.29 is 29.3 Å². The van der Waals surface area contributed by atoms with Crippen LogP contribution in [0.2, 0.25) is 0 Å². The second kappa shape index (κ2) is 9.30. The number of hydrogen-bond acceptors (Lipinski definition) is 8. The average molecular weight is 492 g/mol. The normalized spacial score (nSPS) is 27.3. The van der Waals surface area contributed by atoms with Gasteiger partial charge in [-0.25, -0.2) is 9.59 Å². The van der Waals surface area contributed by atoms with Crippen LogP contribution in [0.1, 0.15) is 46.2 Å². The third-order valence-electron chi connectivity index (χ3n) is 6.80. The fraction of sp³-hybridized carbons (Fsp3) is 0.308. The van der Waals surface area contributed by atoms with Gasteiger partial charge in [-0.3, -0.25) is 14.2 Å². The fourth-order valence-electron chi connectivity index (χ4n) is 4.99. The molecule has 5 atom stereocenters. The zero-order valence-corrected chi connectivity index (χ0v) is 19.1. The Bertz CT molecular complexity index is 1400. The van der Waals surface area contributed by atoms with Crippen LogP contribution in [0.15, 0.2) is 82.5 Å². The molecule has 36 heavy (non-hydrogen) atoms. The molecule has 2 aliphatic rings. The maximum atomic E-state index is 13.2. The van der Waals surface area contributed by atoms with E-state index < -0.39 is 53.3 Å². The molecule has 10 nitrogen and oxygen atoms in total. The quantitative estimate of drug-likeness (QED) is 0.517. The molecule has 1 spiro atoms. The van der Waals surface area contributed by atoms with E-state index in [4.69, 9.17) is 9.47 Å². The summed E-state index contributed by atoms with van der Waals surface area (Å²) in [7, 11) is 0. The molecule has 1 saturated heterocycles. The topological polar surface area (TPSA) is 137 Å². The van der Waals surface area contributed by atoms with E-state index in [9.17, 15) is 29.4 Å². The molecule has 0 bridgehead atoms. The first-order chi connectivity index (χ1) is 17.3. The molecule has 1 aliphatic heterocycles. The molecule has 1 aromatic heterocycles. The van der Waals surface area contributed by atoms with Crippen LogP contribution in [0.5, 0.6) is 0 Å². The number of esters is 1. The van der Waals surface area contributed by atoms with Crippen molar-refractivity contribution in [1.82, 2.24) is 9.13 Å². The van der Waals surface area contributed by atoms with Gasteiger partial charge in [0.25, 0.3) is 11.5 Å². The van der Waals surface area contributed by atoms with Crippen LogP contribution in [-0.2, 0) is 9.47 Å². The van der Waals surface area contributed by atoms with E-state index in [-0.39, 0.29) is 12.0 Å². The Kier molecular flexibility index (Phi) is 6.17. The smallest absolute Gasteiger partial charge is 0.340 e. The third kappa shape index (κ3) is 3.89. The van der Waals surface area contributed by atoms with E-state index in [1.165, 1.54) is 12.1 Å². The first-order valence-corrected chi connectivity index (χ1v) is 11.6. The zero-order chi connectivity index (χ0) is 25.4. The number of carbonyl (C=O) groups excluding carboxylic acids is 2. The summed E-state index contributed by atoms with van der Waals surface area (Å²) < 4.78 is 13.1. The Morgan fingerprint density at radius 3 is 2.25 bits per heavy atom. The van der Waals surface area contributed by atoms with Crippen molar-refractivity contribution in [3.63, 3.8) is 0 Å². The molecular weight excluding hydrogens is 468 g/mol. The van der Waals surface area contributed by atoms with E-state index in [0.29, 0.717) is 23.0 Å². The highest BCUT2D eigenvalue weighted by molar-refractivity contribution is 5.95. The van der Waals surface area contributed by atoms with Gasteiger partial charge >= 0.3 is 11.7 Å². The van der Waals surface area contributed by atoms with Gasteiger partial charge in [-0.1, -0.05) is 36.4 Å². The van der Waals surface area contributed by atoms with Gasteiger partial charge < -0.3 is 19.7 Å². The van der Waals surface area contributed by atoms with Crippen LogP contribution in [0.3, 0.4) is 0 Å². The van der Waals surface area contributed by atoms with Crippen LogP contribution < -0.4 is 11.2 Å². The van der Waals surface area contributed by atoms with Crippen LogP contribution in [0.25, 0.3) is 0 Å². The van der Waals surface area contributed by atoms with E-state index in [0.717, 1.165) is 16.8 Å². The molecule has 5 rings (SSSR count). The van der Waals surface area contributed by atoms with Gasteiger partial charge in [0.2, 0.25) is 0 Å². The van der Waals surface area contributed by atoms with Gasteiger partial charge in [0.05, 0.1) is 5.56 Å². The Morgan fingerprint density at radius 2 is 1.58 bits per heavy atom. The highest BCUT2D eigenvalue weighted by Crippen LogP contribution is 2.48. The number of hydrogen-bond donors (Lipinski definition) is 2. The number of rotatable bonds is 4. The molecule has 1 saturated carbocycles. The van der Waals surface area contributed by atoms with Gasteiger partial charge in [0, 0.05) is 17.8 Å². The zero-order valence-electron chi connectivity index (χ0n) is 19.1.